The van der Waals surface area contributed by atoms with Gasteiger partial charge in [-0.3, -0.25) is 24.6 Å². The smallest absolute Gasteiger partial charge is 0.490 e. The number of nitrogens with zero attached hydrogens (tertiary/aromatic N) is 1. The molecule has 0 saturated carbocycles. The van der Waals surface area contributed by atoms with E-state index in [0.717, 1.165) is 21.6 Å². The molecular formula is C25H24ClF3N2O7. The molecule has 13 heteroatoms. The van der Waals surface area contributed by atoms with Crippen LogP contribution in [0.25, 0.3) is 11.1 Å². The average Bonchev–Trinajstić information content (AvgIpc) is 3.31. The molecule has 0 spiro atoms. The first-order valence-corrected chi connectivity index (χ1v) is 11.5. The van der Waals surface area contributed by atoms with E-state index in [1.54, 1.807) is 20.1 Å². The molecule has 2 N–H and O–H groups in total. The van der Waals surface area contributed by atoms with Crippen LogP contribution in [0.3, 0.4) is 0 Å². The van der Waals surface area contributed by atoms with Gasteiger partial charge >= 0.3 is 18.1 Å². The molecule has 2 amide bonds. The summed E-state index contributed by atoms with van der Waals surface area (Å²) in [4.78, 5) is 48.4. The number of carboxylic acids is 1. The van der Waals surface area contributed by atoms with Crippen molar-refractivity contribution in [1.29, 1.82) is 0 Å². The Morgan fingerprint density at radius 2 is 1.74 bits per heavy atom. The Bertz CT molecular complexity index is 1290. The molecule has 3 unspecified atom stereocenters. The Morgan fingerprint density at radius 3 is 2.26 bits per heavy atom. The van der Waals surface area contributed by atoms with Crippen molar-refractivity contribution in [1.82, 2.24) is 10.2 Å². The average molecular weight is 557 g/mol. The normalized spacial score (nSPS) is 24.4. The highest BCUT2D eigenvalue weighted by atomic mass is 35.5. The Balaban J connectivity index is 0.000000505. The molecule has 2 aliphatic heterocycles. The number of methoxy groups -OCH3 is 2. The molecule has 204 valence electrons. The maximum atomic E-state index is 12.9. The highest BCUT2D eigenvalue weighted by Crippen LogP contribution is 2.49. The number of hydrogen-bond donors (Lipinski definition) is 2. The van der Waals surface area contributed by atoms with Crippen LogP contribution in [0.4, 0.5) is 13.2 Å². The lowest BCUT2D eigenvalue weighted by molar-refractivity contribution is -0.192. The van der Waals surface area contributed by atoms with E-state index < -0.39 is 41.5 Å². The Hall–Kier alpha value is -3.64. The first kappa shape index (κ1) is 28.9. The van der Waals surface area contributed by atoms with E-state index in [9.17, 15) is 27.6 Å². The molecule has 4 rings (SSSR count). The van der Waals surface area contributed by atoms with Crippen LogP contribution in [-0.4, -0.2) is 66.7 Å². The molecule has 0 radical (unpaired) electrons. The summed E-state index contributed by atoms with van der Waals surface area (Å²) in [6.45, 7) is 1.61. The zero-order valence-corrected chi connectivity index (χ0v) is 21.4. The number of carboxylic acid groups (broad SMARTS) is 1. The van der Waals surface area contributed by atoms with Crippen molar-refractivity contribution in [2.45, 2.75) is 24.7 Å². The van der Waals surface area contributed by atoms with Crippen LogP contribution in [0.5, 0.6) is 5.75 Å². The van der Waals surface area contributed by atoms with E-state index in [0.29, 0.717) is 10.8 Å². The van der Waals surface area contributed by atoms with E-state index in [1.165, 1.54) is 14.2 Å². The third kappa shape index (κ3) is 5.18. The van der Waals surface area contributed by atoms with Crippen LogP contribution in [0.2, 0.25) is 5.02 Å². The lowest BCUT2D eigenvalue weighted by atomic mass is 9.80. The fourth-order valence-electron chi connectivity index (χ4n) is 4.77. The van der Waals surface area contributed by atoms with E-state index in [4.69, 9.17) is 31.0 Å². The molecule has 2 aromatic carbocycles. The molecule has 0 aliphatic carbocycles. The molecular weight excluding hydrogens is 533 g/mol. The third-order valence-electron chi connectivity index (χ3n) is 6.58. The van der Waals surface area contributed by atoms with Crippen LogP contribution in [0.1, 0.15) is 18.5 Å². The molecule has 38 heavy (non-hydrogen) atoms. The Morgan fingerprint density at radius 1 is 1.11 bits per heavy atom. The van der Waals surface area contributed by atoms with E-state index in [-0.39, 0.29) is 11.8 Å². The summed E-state index contributed by atoms with van der Waals surface area (Å²) >= 11 is 6.14. The number of nitrogens with one attached hydrogen (secondary N) is 1. The van der Waals surface area contributed by atoms with Crippen LogP contribution in [-0.2, 0) is 23.9 Å². The second-order valence-electron chi connectivity index (χ2n) is 8.83. The van der Waals surface area contributed by atoms with Crippen molar-refractivity contribution < 1.29 is 46.9 Å². The van der Waals surface area contributed by atoms with Gasteiger partial charge in [0, 0.05) is 23.7 Å². The van der Waals surface area contributed by atoms with Crippen molar-refractivity contribution in [2.24, 2.45) is 11.8 Å². The summed E-state index contributed by atoms with van der Waals surface area (Å²) in [5.41, 5.74) is 1.14. The number of alkyl halides is 3. The molecule has 2 aromatic rings. The number of carbonyl (C=O) groups is 4. The predicted octanol–water partition coefficient (Wildman–Crippen LogP) is 3.46. The molecule has 0 bridgehead atoms. The number of fused-ring (bicyclic) bond motifs is 1. The number of amides is 2. The minimum atomic E-state index is -5.08. The molecule has 2 fully saturated rings. The third-order valence-corrected chi connectivity index (χ3v) is 6.82. The van der Waals surface area contributed by atoms with Crippen molar-refractivity contribution in [3.63, 3.8) is 0 Å². The lowest BCUT2D eigenvalue weighted by Crippen LogP contribution is -2.53. The molecule has 2 aliphatic rings. The van der Waals surface area contributed by atoms with Crippen LogP contribution < -0.4 is 10.1 Å². The first-order chi connectivity index (χ1) is 17.7. The second kappa shape index (κ2) is 10.6. The summed E-state index contributed by atoms with van der Waals surface area (Å²) in [7, 11) is 4.28. The quantitative estimate of drug-likeness (QED) is 0.434. The topological polar surface area (TPSA) is 122 Å². The summed E-state index contributed by atoms with van der Waals surface area (Å²) < 4.78 is 42.3. The van der Waals surface area contributed by atoms with Gasteiger partial charge in [-0.05, 0) is 36.2 Å². The SMILES string of the molecule is COC(=O)[C@]1(C)NC(c2ccc(-c3cccc(Cl)c3)c(OC)c2)C2C(=O)N(C)C(=O)C21.O=C(O)C(F)(F)F. The van der Waals surface area contributed by atoms with Gasteiger partial charge in [0.05, 0.1) is 26.1 Å². The maximum absolute atomic E-state index is 12.9. The number of halogens is 4. The van der Waals surface area contributed by atoms with Crippen LogP contribution >= 0.6 is 11.6 Å². The fourth-order valence-corrected chi connectivity index (χ4v) is 4.96. The highest BCUT2D eigenvalue weighted by molar-refractivity contribution is 6.30. The number of hydrogen-bond acceptors (Lipinski definition) is 7. The van der Waals surface area contributed by atoms with E-state index >= 15 is 0 Å². The minimum absolute atomic E-state index is 0.321. The number of esters is 1. The Labute approximate surface area is 220 Å². The fraction of sp³-hybridized carbons (Fsp3) is 0.360. The Kier molecular flexibility index (Phi) is 8.08. The van der Waals surface area contributed by atoms with Gasteiger partial charge in [-0.2, -0.15) is 13.2 Å². The number of ether oxygens (including phenoxy) is 2. The summed E-state index contributed by atoms with van der Waals surface area (Å²) in [5.74, 6) is -5.02. The van der Waals surface area contributed by atoms with E-state index in [1.807, 2.05) is 36.4 Å². The summed E-state index contributed by atoms with van der Waals surface area (Å²) in [6.07, 6.45) is -5.08. The summed E-state index contributed by atoms with van der Waals surface area (Å²) in [5, 5.41) is 11.0. The van der Waals surface area contributed by atoms with Gasteiger partial charge in [0.15, 0.2) is 0 Å². The van der Waals surface area contributed by atoms with Gasteiger partial charge in [0.1, 0.15) is 11.3 Å². The number of benzene rings is 2. The molecule has 9 nitrogen and oxygen atoms in total. The van der Waals surface area contributed by atoms with Crippen molar-refractivity contribution >= 4 is 35.4 Å². The van der Waals surface area contributed by atoms with Gasteiger partial charge in [0.2, 0.25) is 11.8 Å². The molecule has 4 atom stereocenters. The van der Waals surface area contributed by atoms with Crippen molar-refractivity contribution in [2.75, 3.05) is 21.3 Å². The number of rotatable bonds is 4. The predicted molar refractivity (Wildman–Crippen MR) is 128 cm³/mol. The first-order valence-electron chi connectivity index (χ1n) is 11.1. The van der Waals surface area contributed by atoms with Gasteiger partial charge in [-0.15, -0.1) is 0 Å². The largest absolute Gasteiger partial charge is 0.496 e. The zero-order valence-electron chi connectivity index (χ0n) is 20.6. The second-order valence-corrected chi connectivity index (χ2v) is 9.26. The van der Waals surface area contributed by atoms with Crippen LogP contribution in [0, 0.1) is 11.8 Å². The van der Waals surface area contributed by atoms with Gasteiger partial charge < -0.3 is 14.6 Å². The highest BCUT2D eigenvalue weighted by Gasteiger charge is 2.66. The van der Waals surface area contributed by atoms with Gasteiger partial charge in [-0.25, -0.2) is 4.79 Å². The monoisotopic (exact) mass is 556 g/mol. The lowest BCUT2D eigenvalue weighted by Gasteiger charge is -2.28. The number of imide groups is 1. The summed E-state index contributed by atoms with van der Waals surface area (Å²) in [6, 6.07) is 12.4. The van der Waals surface area contributed by atoms with Crippen LogP contribution in [0.15, 0.2) is 42.5 Å². The van der Waals surface area contributed by atoms with Gasteiger partial charge in [-0.1, -0.05) is 35.9 Å². The standard InChI is InChI=1S/C23H23ClN2O5.C2HF3O2/c1-23(22(29)31-4)18-17(20(27)26(2)21(18)28)19(25-23)13-8-9-15(16(11-13)30-3)12-6-5-7-14(24)10-12;3-2(4,5)1(6)7/h5-11,17-19,25H,1-4H3;(H,6,7)/t17?,18?,19?,23-;/m1./s1. The number of carbonyl (C=O) groups excluding carboxylic acids is 3. The number of aliphatic carboxylic acids is 1. The van der Waals surface area contributed by atoms with Gasteiger partial charge in [0.25, 0.3) is 0 Å². The van der Waals surface area contributed by atoms with Crippen molar-refractivity contribution in [3.05, 3.63) is 53.1 Å². The molecule has 0 aromatic heterocycles. The van der Waals surface area contributed by atoms with E-state index in [2.05, 4.69) is 5.32 Å². The number of likely N-dealkylation sites (tertiary alicyclic amines) is 1. The van der Waals surface area contributed by atoms with Crippen molar-refractivity contribution in [3.8, 4) is 16.9 Å². The molecule has 2 saturated heterocycles. The minimum Gasteiger partial charge on any atom is -0.496 e. The maximum Gasteiger partial charge on any atom is 0.490 e. The molecule has 2 heterocycles. The zero-order chi connectivity index (χ0) is 28.6.